The SMILES string of the molecule is Cc1cc(C)c(C)c(O[C@@H](C)C(=O)N2c3ccccc3C[C@@H]2C)c1. The molecule has 126 valence electrons. The number of rotatable bonds is 3. The monoisotopic (exact) mass is 323 g/mol. The first kappa shape index (κ1) is 16.6. The Labute approximate surface area is 144 Å². The standard InChI is InChI=1S/C21H25NO2/c1-13-10-14(2)16(4)20(11-13)24-17(5)21(23)22-15(3)12-18-8-6-7-9-19(18)22/h6-11,15,17H,12H2,1-5H3/t15-,17-/m0/s1. The number of fused-ring (bicyclic) bond motifs is 1. The molecule has 0 unspecified atom stereocenters. The van der Waals surface area contributed by atoms with Gasteiger partial charge >= 0.3 is 0 Å². The average molecular weight is 323 g/mol. The molecule has 3 nitrogen and oxygen atoms in total. The number of amides is 1. The molecule has 0 saturated carbocycles. The van der Waals surface area contributed by atoms with Crippen molar-refractivity contribution in [2.24, 2.45) is 0 Å². The molecule has 0 bridgehead atoms. The number of aryl methyl sites for hydroxylation is 2. The van der Waals surface area contributed by atoms with E-state index in [1.165, 1.54) is 11.1 Å². The van der Waals surface area contributed by atoms with E-state index in [-0.39, 0.29) is 11.9 Å². The zero-order valence-corrected chi connectivity index (χ0v) is 15.1. The van der Waals surface area contributed by atoms with E-state index in [4.69, 9.17) is 4.74 Å². The van der Waals surface area contributed by atoms with Crippen molar-refractivity contribution in [2.45, 2.75) is 53.2 Å². The minimum absolute atomic E-state index is 0.0195. The molecule has 1 heterocycles. The van der Waals surface area contributed by atoms with E-state index in [1.807, 2.05) is 49.9 Å². The third-order valence-electron chi connectivity index (χ3n) is 4.86. The van der Waals surface area contributed by atoms with E-state index in [0.29, 0.717) is 0 Å². The molecule has 0 N–H and O–H groups in total. The van der Waals surface area contributed by atoms with Gasteiger partial charge in [-0.15, -0.1) is 0 Å². The Kier molecular flexibility index (Phi) is 4.35. The average Bonchev–Trinajstić information content (AvgIpc) is 2.87. The molecule has 0 saturated heterocycles. The van der Waals surface area contributed by atoms with Crippen LogP contribution < -0.4 is 9.64 Å². The minimum atomic E-state index is -0.515. The highest BCUT2D eigenvalue weighted by atomic mass is 16.5. The molecule has 2 aromatic rings. The summed E-state index contributed by atoms with van der Waals surface area (Å²) in [6.45, 7) is 10.1. The lowest BCUT2D eigenvalue weighted by atomic mass is 10.1. The molecule has 2 atom stereocenters. The first-order valence-electron chi connectivity index (χ1n) is 8.54. The fourth-order valence-electron chi connectivity index (χ4n) is 3.46. The largest absolute Gasteiger partial charge is 0.481 e. The minimum Gasteiger partial charge on any atom is -0.481 e. The summed E-state index contributed by atoms with van der Waals surface area (Å²) in [7, 11) is 0. The maximum atomic E-state index is 13.0. The Bertz CT molecular complexity index is 781. The van der Waals surface area contributed by atoms with Gasteiger partial charge in [-0.1, -0.05) is 24.3 Å². The zero-order chi connectivity index (χ0) is 17.4. The normalized spacial score (nSPS) is 17.5. The Morgan fingerprint density at radius 1 is 1.21 bits per heavy atom. The molecule has 0 aromatic heterocycles. The molecule has 0 radical (unpaired) electrons. The number of para-hydroxylation sites is 1. The predicted octanol–water partition coefficient (Wildman–Crippen LogP) is 4.36. The summed E-state index contributed by atoms with van der Waals surface area (Å²) in [5, 5.41) is 0. The van der Waals surface area contributed by atoms with E-state index >= 15 is 0 Å². The summed E-state index contributed by atoms with van der Waals surface area (Å²) < 4.78 is 6.05. The number of benzene rings is 2. The summed E-state index contributed by atoms with van der Waals surface area (Å²) in [4.78, 5) is 14.9. The smallest absolute Gasteiger partial charge is 0.268 e. The Morgan fingerprint density at radius 3 is 2.67 bits per heavy atom. The van der Waals surface area contributed by atoms with Crippen molar-refractivity contribution in [3.63, 3.8) is 0 Å². The van der Waals surface area contributed by atoms with Gasteiger partial charge < -0.3 is 9.64 Å². The summed E-state index contributed by atoms with van der Waals surface area (Å²) in [6.07, 6.45) is 0.385. The number of anilines is 1. The van der Waals surface area contributed by atoms with Crippen LogP contribution in [-0.2, 0) is 11.2 Å². The van der Waals surface area contributed by atoms with Crippen LogP contribution in [0.3, 0.4) is 0 Å². The molecule has 1 aliphatic heterocycles. The molecule has 0 aliphatic carbocycles. The van der Waals surface area contributed by atoms with E-state index in [2.05, 4.69) is 26.0 Å². The van der Waals surface area contributed by atoms with Crippen molar-refractivity contribution in [3.8, 4) is 5.75 Å². The zero-order valence-electron chi connectivity index (χ0n) is 15.1. The van der Waals surface area contributed by atoms with Gasteiger partial charge in [0.2, 0.25) is 0 Å². The van der Waals surface area contributed by atoms with E-state index < -0.39 is 6.10 Å². The van der Waals surface area contributed by atoms with E-state index in [1.54, 1.807) is 0 Å². The maximum absolute atomic E-state index is 13.0. The third kappa shape index (κ3) is 2.91. The van der Waals surface area contributed by atoms with Crippen molar-refractivity contribution in [2.75, 3.05) is 4.90 Å². The lowest BCUT2D eigenvalue weighted by Gasteiger charge is -2.27. The van der Waals surface area contributed by atoms with Crippen molar-refractivity contribution in [1.82, 2.24) is 0 Å². The number of ether oxygens (including phenoxy) is 1. The van der Waals surface area contributed by atoms with Gasteiger partial charge in [-0.2, -0.15) is 0 Å². The van der Waals surface area contributed by atoms with Crippen molar-refractivity contribution < 1.29 is 9.53 Å². The summed E-state index contributed by atoms with van der Waals surface area (Å²) in [5.74, 6) is 0.819. The summed E-state index contributed by atoms with van der Waals surface area (Å²) in [5.41, 5.74) is 5.67. The van der Waals surface area contributed by atoms with Crippen LogP contribution in [0.2, 0.25) is 0 Å². The highest BCUT2D eigenvalue weighted by Crippen LogP contribution is 2.33. The van der Waals surface area contributed by atoms with Gasteiger partial charge in [0.1, 0.15) is 5.75 Å². The molecule has 3 heteroatoms. The Morgan fingerprint density at radius 2 is 1.92 bits per heavy atom. The van der Waals surface area contributed by atoms with Crippen molar-refractivity contribution in [1.29, 1.82) is 0 Å². The summed E-state index contributed by atoms with van der Waals surface area (Å²) in [6, 6.07) is 12.4. The van der Waals surface area contributed by atoms with E-state index in [9.17, 15) is 4.79 Å². The topological polar surface area (TPSA) is 29.5 Å². The van der Waals surface area contributed by atoms with Crippen molar-refractivity contribution >= 4 is 11.6 Å². The molecular formula is C21H25NO2. The number of hydrogen-bond acceptors (Lipinski definition) is 2. The predicted molar refractivity (Wildman–Crippen MR) is 97.8 cm³/mol. The molecule has 3 rings (SSSR count). The van der Waals surface area contributed by atoms with Gasteiger partial charge in [0, 0.05) is 11.7 Å². The number of carbonyl (C=O) groups is 1. The molecule has 0 fully saturated rings. The van der Waals surface area contributed by atoms with Crippen LogP contribution in [0.4, 0.5) is 5.69 Å². The highest BCUT2D eigenvalue weighted by Gasteiger charge is 2.34. The van der Waals surface area contributed by atoms with Crippen LogP contribution in [0, 0.1) is 20.8 Å². The first-order chi connectivity index (χ1) is 11.4. The molecular weight excluding hydrogens is 298 g/mol. The third-order valence-corrected chi connectivity index (χ3v) is 4.86. The Hall–Kier alpha value is -2.29. The maximum Gasteiger partial charge on any atom is 0.268 e. The number of carbonyl (C=O) groups excluding carboxylic acids is 1. The summed E-state index contributed by atoms with van der Waals surface area (Å²) >= 11 is 0. The highest BCUT2D eigenvalue weighted by molar-refractivity contribution is 5.99. The van der Waals surface area contributed by atoms with Gasteiger partial charge in [0.15, 0.2) is 6.10 Å². The molecule has 1 aliphatic rings. The fourth-order valence-corrected chi connectivity index (χ4v) is 3.46. The van der Waals surface area contributed by atoms with Gasteiger partial charge in [0.25, 0.3) is 5.91 Å². The van der Waals surface area contributed by atoms with Crippen molar-refractivity contribution in [3.05, 3.63) is 58.7 Å². The molecule has 2 aromatic carbocycles. The second-order valence-electron chi connectivity index (χ2n) is 6.86. The van der Waals surface area contributed by atoms with Gasteiger partial charge in [0.05, 0.1) is 0 Å². The van der Waals surface area contributed by atoms with Crippen LogP contribution in [0.1, 0.15) is 36.1 Å². The Balaban J connectivity index is 1.84. The van der Waals surface area contributed by atoms with Crippen LogP contribution in [0.5, 0.6) is 5.75 Å². The number of hydrogen-bond donors (Lipinski definition) is 0. The quantitative estimate of drug-likeness (QED) is 0.840. The second-order valence-corrected chi connectivity index (χ2v) is 6.86. The molecule has 0 spiro atoms. The van der Waals surface area contributed by atoms with Crippen LogP contribution >= 0.6 is 0 Å². The number of nitrogens with zero attached hydrogens (tertiary/aromatic N) is 1. The lowest BCUT2D eigenvalue weighted by Crippen LogP contribution is -2.43. The molecule has 24 heavy (non-hydrogen) atoms. The second kappa shape index (κ2) is 6.31. The van der Waals surface area contributed by atoms with Crippen LogP contribution in [0.15, 0.2) is 36.4 Å². The van der Waals surface area contributed by atoms with Gasteiger partial charge in [-0.3, -0.25) is 4.79 Å². The van der Waals surface area contributed by atoms with E-state index in [0.717, 1.165) is 29.0 Å². The first-order valence-corrected chi connectivity index (χ1v) is 8.54. The molecule has 1 amide bonds. The fraction of sp³-hybridized carbons (Fsp3) is 0.381. The van der Waals surface area contributed by atoms with Crippen LogP contribution in [-0.4, -0.2) is 18.1 Å². The van der Waals surface area contributed by atoms with Gasteiger partial charge in [-0.05, 0) is 75.4 Å². The van der Waals surface area contributed by atoms with Gasteiger partial charge in [-0.25, -0.2) is 0 Å². The lowest BCUT2D eigenvalue weighted by molar-refractivity contribution is -0.124. The van der Waals surface area contributed by atoms with Crippen LogP contribution in [0.25, 0.3) is 0 Å².